The lowest BCUT2D eigenvalue weighted by atomic mass is 9.34. The number of fused-ring (bicyclic) bond motifs is 5. The van der Waals surface area contributed by atoms with E-state index in [-0.39, 0.29) is 24.7 Å². The van der Waals surface area contributed by atoms with Crippen LogP contribution in [0.5, 0.6) is 0 Å². The van der Waals surface area contributed by atoms with E-state index in [0.29, 0.717) is 38.5 Å². The van der Waals surface area contributed by atoms with Gasteiger partial charge in [-0.15, -0.1) is 0 Å². The molecule has 4 saturated carbocycles. The minimum absolute atomic E-state index is 0.0690. The van der Waals surface area contributed by atoms with Gasteiger partial charge in [-0.05, 0) is 117 Å². The van der Waals surface area contributed by atoms with Gasteiger partial charge in [0.2, 0.25) is 0 Å². The summed E-state index contributed by atoms with van der Waals surface area (Å²) in [4.78, 5) is 0. The first-order valence-electron chi connectivity index (χ1n) is 21.4. The van der Waals surface area contributed by atoms with Crippen molar-refractivity contribution in [2.75, 3.05) is 13.2 Å². The van der Waals surface area contributed by atoms with Gasteiger partial charge >= 0.3 is 0 Å². The fourth-order valence-electron chi connectivity index (χ4n) is 13.6. The van der Waals surface area contributed by atoms with Gasteiger partial charge in [0.25, 0.3) is 0 Å². The zero-order chi connectivity index (χ0) is 43.3. The maximum Gasteiger partial charge on any atom is 0.187 e. The first-order chi connectivity index (χ1) is 26.7. The molecule has 2 aliphatic heterocycles. The van der Waals surface area contributed by atoms with Crippen LogP contribution in [0.15, 0.2) is 0 Å². The second-order valence-electron chi connectivity index (χ2n) is 21.1. The molecule has 6 aliphatic rings. The molecule has 12 N–H and O–H groups in total. The van der Waals surface area contributed by atoms with E-state index in [1.165, 1.54) is 13.8 Å². The molecule has 2 heterocycles. The van der Waals surface area contributed by atoms with Crippen LogP contribution in [-0.4, -0.2) is 172 Å². The SMILES string of the molecule is CC(C)(O)[C@@H](O)CC[C@](C)(O[C@@H]1O[C@H](CO)[C@H](O)[C@H](O)[C@H]1O)[C@H]1CC[C@]2(C)[C@@H]1[C@H](O)C[C@@H]1[C@@]3(C)CC[C@H](O)C(C)(C)[C@@H]3[C@@H](O[C@H]3O[C@H](CO)[C@H](O)[C@H](O)[C@H]3O)C[C@]12C. The monoisotopic (exact) mass is 834 g/mol. The lowest BCUT2D eigenvalue weighted by Gasteiger charge is -2.72. The molecule has 6 rings (SSSR count). The van der Waals surface area contributed by atoms with Crippen LogP contribution in [0.1, 0.15) is 107 Å². The Hall–Kier alpha value is -0.640. The summed E-state index contributed by atoms with van der Waals surface area (Å²) in [5, 5.41) is 131. The Labute approximate surface area is 342 Å². The third kappa shape index (κ3) is 7.43. The van der Waals surface area contributed by atoms with Gasteiger partial charge in [-0.2, -0.15) is 0 Å². The van der Waals surface area contributed by atoms with E-state index >= 15 is 0 Å². The molecule has 6 fully saturated rings. The average Bonchev–Trinajstić information content (AvgIpc) is 3.54. The second kappa shape index (κ2) is 16.2. The van der Waals surface area contributed by atoms with E-state index in [4.69, 9.17) is 18.9 Å². The molecule has 16 nitrogen and oxygen atoms in total. The van der Waals surface area contributed by atoms with Crippen molar-refractivity contribution in [2.45, 2.75) is 204 Å². The third-order valence-electron chi connectivity index (χ3n) is 17.1. The third-order valence-corrected chi connectivity index (χ3v) is 17.1. The molecule has 58 heavy (non-hydrogen) atoms. The van der Waals surface area contributed by atoms with Crippen molar-refractivity contribution in [1.29, 1.82) is 0 Å². The van der Waals surface area contributed by atoms with E-state index in [1.54, 1.807) is 0 Å². The van der Waals surface area contributed by atoms with Gasteiger partial charge in [0.1, 0.15) is 48.8 Å². The van der Waals surface area contributed by atoms with Crippen LogP contribution in [0.4, 0.5) is 0 Å². The van der Waals surface area contributed by atoms with Crippen molar-refractivity contribution in [3.8, 4) is 0 Å². The molecule has 0 unspecified atom stereocenters. The summed E-state index contributed by atoms with van der Waals surface area (Å²) in [5.74, 6) is -1.23. The minimum atomic E-state index is -1.69. The fourth-order valence-corrected chi connectivity index (χ4v) is 13.6. The number of hydrogen-bond acceptors (Lipinski definition) is 16. The summed E-state index contributed by atoms with van der Waals surface area (Å²) in [5.41, 5.74) is -5.08. The van der Waals surface area contributed by atoms with Gasteiger partial charge in [0, 0.05) is 0 Å². The Balaban J connectivity index is 1.40. The number of ether oxygens (including phenoxy) is 4. The van der Waals surface area contributed by atoms with Crippen molar-refractivity contribution in [3.05, 3.63) is 0 Å². The van der Waals surface area contributed by atoms with Gasteiger partial charge in [-0.25, -0.2) is 0 Å². The molecule has 0 aromatic rings. The van der Waals surface area contributed by atoms with Gasteiger partial charge in [0.15, 0.2) is 12.6 Å². The van der Waals surface area contributed by atoms with Gasteiger partial charge in [-0.1, -0.05) is 34.6 Å². The Morgan fingerprint density at radius 1 is 0.724 bits per heavy atom. The van der Waals surface area contributed by atoms with Gasteiger partial charge in [0.05, 0.1) is 48.8 Å². The van der Waals surface area contributed by atoms with Crippen molar-refractivity contribution >= 4 is 0 Å². The van der Waals surface area contributed by atoms with Gasteiger partial charge in [-0.3, -0.25) is 0 Å². The molecule has 2 saturated heterocycles. The average molecular weight is 835 g/mol. The van der Waals surface area contributed by atoms with Crippen LogP contribution in [0, 0.1) is 45.3 Å². The highest BCUT2D eigenvalue weighted by Crippen LogP contribution is 2.76. The Morgan fingerprint density at radius 3 is 1.83 bits per heavy atom. The largest absolute Gasteiger partial charge is 0.394 e. The standard InChI is InChI=1S/C42H74O16/c1-37(2)25(46)10-12-39(5)24-15-20(45)27-19(42(8,14-11-26(47)38(3,4)54)58-36-33(53)31(51)29(49)23(18-44)57-36)9-13-40(27,6)41(24,7)16-21(34(37)39)55-35-32(52)30(50)28(48)22(17-43)56-35/h19-36,43-54H,9-18H2,1-8H3/t19-,20+,21-,22+,23+,24+,25-,26-,27-,28-,29-,30-,31-,32+,33+,34-,35-,36-,39+,40+,41+,42-/m0/s1. The molecule has 0 amide bonds. The highest BCUT2D eigenvalue weighted by atomic mass is 16.7. The molecule has 0 spiro atoms. The van der Waals surface area contributed by atoms with Crippen LogP contribution < -0.4 is 0 Å². The summed E-state index contributed by atoms with van der Waals surface area (Å²) in [6.07, 6.45) is -15.1. The highest BCUT2D eigenvalue weighted by molar-refractivity contribution is 5.22. The van der Waals surface area contributed by atoms with E-state index in [9.17, 15) is 61.3 Å². The molecule has 16 heteroatoms. The van der Waals surface area contributed by atoms with E-state index in [2.05, 4.69) is 20.8 Å². The van der Waals surface area contributed by atoms with Gasteiger partial charge < -0.3 is 80.2 Å². The maximum atomic E-state index is 12.6. The molecule has 4 aliphatic carbocycles. The molecule has 0 aromatic carbocycles. The number of aliphatic hydroxyl groups excluding tert-OH is 11. The lowest BCUT2D eigenvalue weighted by molar-refractivity contribution is -0.350. The Kier molecular flexibility index (Phi) is 13.1. The molecule has 338 valence electrons. The van der Waals surface area contributed by atoms with Crippen LogP contribution in [0.3, 0.4) is 0 Å². The normalized spacial score (nSPS) is 52.2. The lowest BCUT2D eigenvalue weighted by Crippen LogP contribution is -2.71. The predicted octanol–water partition coefficient (Wildman–Crippen LogP) is -0.715. The molecule has 0 aromatic heterocycles. The van der Waals surface area contributed by atoms with Crippen LogP contribution in [0.2, 0.25) is 0 Å². The first kappa shape index (κ1) is 46.9. The summed E-state index contributed by atoms with van der Waals surface area (Å²) in [6, 6.07) is 0. The molecular weight excluding hydrogens is 760 g/mol. The summed E-state index contributed by atoms with van der Waals surface area (Å²) in [6.45, 7) is 14.1. The topological polar surface area (TPSA) is 280 Å². The maximum absolute atomic E-state index is 12.6. The summed E-state index contributed by atoms with van der Waals surface area (Å²) < 4.78 is 25.2. The van der Waals surface area contributed by atoms with Crippen molar-refractivity contribution in [2.24, 2.45) is 45.3 Å². The molecule has 0 bridgehead atoms. The smallest absolute Gasteiger partial charge is 0.187 e. The Morgan fingerprint density at radius 2 is 1.28 bits per heavy atom. The number of aliphatic hydroxyl groups is 12. The second-order valence-corrected chi connectivity index (χ2v) is 21.1. The Bertz CT molecular complexity index is 1430. The zero-order valence-electron chi connectivity index (χ0n) is 35.5. The van der Waals surface area contributed by atoms with E-state index in [1.807, 2.05) is 20.8 Å². The molecular formula is C42H74O16. The van der Waals surface area contributed by atoms with Crippen LogP contribution in [0.25, 0.3) is 0 Å². The summed E-state index contributed by atoms with van der Waals surface area (Å²) >= 11 is 0. The van der Waals surface area contributed by atoms with Crippen molar-refractivity contribution in [1.82, 2.24) is 0 Å². The van der Waals surface area contributed by atoms with Crippen LogP contribution in [-0.2, 0) is 18.9 Å². The summed E-state index contributed by atoms with van der Waals surface area (Å²) in [7, 11) is 0. The van der Waals surface area contributed by atoms with E-state index in [0.717, 1.165) is 0 Å². The molecule has 22 atom stereocenters. The van der Waals surface area contributed by atoms with E-state index < -0.39 is 144 Å². The highest BCUT2D eigenvalue weighted by Gasteiger charge is 2.74. The zero-order valence-corrected chi connectivity index (χ0v) is 35.5. The predicted molar refractivity (Wildman–Crippen MR) is 205 cm³/mol. The van der Waals surface area contributed by atoms with Crippen molar-refractivity contribution < 1.29 is 80.2 Å². The minimum Gasteiger partial charge on any atom is -0.394 e. The van der Waals surface area contributed by atoms with Crippen molar-refractivity contribution in [3.63, 3.8) is 0 Å². The molecule has 0 radical (unpaired) electrons. The quantitative estimate of drug-likeness (QED) is 0.115. The number of rotatable bonds is 11. The number of hydrogen-bond donors (Lipinski definition) is 12. The fraction of sp³-hybridized carbons (Fsp3) is 1.00. The van der Waals surface area contributed by atoms with Crippen LogP contribution >= 0.6 is 0 Å². The first-order valence-corrected chi connectivity index (χ1v) is 21.4.